The van der Waals surface area contributed by atoms with Crippen molar-refractivity contribution >= 4 is 33.2 Å². The first-order valence-electron chi connectivity index (χ1n) is 7.30. The minimum atomic E-state index is 0.0763. The summed E-state index contributed by atoms with van der Waals surface area (Å²) in [5, 5.41) is 2.93. The van der Waals surface area contributed by atoms with Crippen molar-refractivity contribution < 1.29 is 14.6 Å². The summed E-state index contributed by atoms with van der Waals surface area (Å²) in [7, 11) is 0. The van der Waals surface area contributed by atoms with Crippen LogP contribution < -0.4 is 15.1 Å². The Hall–Kier alpha value is -0.430. The first-order valence-corrected chi connectivity index (χ1v) is 8.91. The number of piperazine rings is 1. The maximum absolute atomic E-state index is 11.9. The van der Waals surface area contributed by atoms with E-state index in [9.17, 15) is 4.79 Å². The fraction of sp³-hybridized carbons (Fsp3) is 0.643. The molecule has 0 radical (unpaired) electrons. The van der Waals surface area contributed by atoms with Crippen molar-refractivity contribution in [1.82, 2.24) is 5.32 Å². The second-order valence-corrected chi connectivity index (χ2v) is 7.95. The number of thiophene rings is 1. The number of likely N-dealkylation sites (N-methyl/N-ethyl adjacent to an activating group) is 1. The molecule has 112 valence electrons. The summed E-state index contributed by atoms with van der Waals surface area (Å²) in [6.07, 6.45) is 0. The van der Waals surface area contributed by atoms with E-state index in [0.29, 0.717) is 0 Å². The summed E-state index contributed by atoms with van der Waals surface area (Å²) in [6, 6.07) is 4.41. The molecule has 3 N–H and O–H groups in total. The van der Waals surface area contributed by atoms with Crippen LogP contribution in [0.1, 0.15) is 18.7 Å². The lowest BCUT2D eigenvalue weighted by Gasteiger charge is -2.32. The zero-order chi connectivity index (χ0) is 14.5. The Labute approximate surface area is 133 Å². The van der Waals surface area contributed by atoms with E-state index in [-0.39, 0.29) is 11.9 Å². The first kappa shape index (κ1) is 15.9. The van der Waals surface area contributed by atoms with E-state index in [1.807, 2.05) is 25.2 Å². The molecule has 6 heteroatoms. The third-order valence-electron chi connectivity index (χ3n) is 4.01. The van der Waals surface area contributed by atoms with Crippen LogP contribution in [0.5, 0.6) is 0 Å². The second kappa shape index (κ2) is 7.54. The van der Waals surface area contributed by atoms with Gasteiger partial charge >= 0.3 is 0 Å². The number of amides is 1. The molecule has 1 aromatic heterocycles. The molecule has 0 unspecified atom stereocenters. The molecule has 1 aromatic rings. The van der Waals surface area contributed by atoms with Gasteiger partial charge < -0.3 is 15.1 Å². The van der Waals surface area contributed by atoms with Crippen LogP contribution in [0.4, 0.5) is 0 Å². The molecule has 0 aromatic carbocycles. The van der Waals surface area contributed by atoms with Gasteiger partial charge in [0.05, 0.1) is 8.66 Å². The van der Waals surface area contributed by atoms with E-state index in [0.717, 1.165) is 39.3 Å². The smallest absolute Gasteiger partial charge is 0.278 e. The third-order valence-corrected chi connectivity index (χ3v) is 5.63. The minimum absolute atomic E-state index is 0.0763. The van der Waals surface area contributed by atoms with Gasteiger partial charge in [0, 0.05) is 6.54 Å². The fourth-order valence-electron chi connectivity index (χ4n) is 2.74. The molecule has 0 bridgehead atoms. The van der Waals surface area contributed by atoms with Gasteiger partial charge in [-0.3, -0.25) is 4.79 Å². The van der Waals surface area contributed by atoms with Crippen LogP contribution in [-0.4, -0.2) is 44.7 Å². The molecule has 1 atom stereocenters. The number of rotatable bonds is 5. The number of carbonyl (C=O) groups is 1. The van der Waals surface area contributed by atoms with Gasteiger partial charge in [-0.1, -0.05) is 0 Å². The van der Waals surface area contributed by atoms with Gasteiger partial charge in [0.2, 0.25) is 0 Å². The van der Waals surface area contributed by atoms with Crippen LogP contribution in [-0.2, 0) is 11.3 Å². The summed E-state index contributed by atoms with van der Waals surface area (Å²) < 4.78 is 1.21. The van der Waals surface area contributed by atoms with Crippen LogP contribution in [0.25, 0.3) is 0 Å². The normalized spacial score (nSPS) is 24.4. The molecule has 0 spiro atoms. The summed E-state index contributed by atoms with van der Waals surface area (Å²) in [6.45, 7) is 10.3. The molecule has 1 aliphatic rings. The standard InChI is InChI=1S/C14H22BrN3OS/c1-3-16-14(19)11(2)18-8-6-17(7-9-18)10-12-4-5-13(15)20-12/h4-5,11H,3,6-10H2,1-2H3,(H,16,19)/p+2/t11-/m1/s1. The monoisotopic (exact) mass is 361 g/mol. The van der Waals surface area contributed by atoms with E-state index >= 15 is 0 Å². The topological polar surface area (TPSA) is 38.0 Å². The van der Waals surface area contributed by atoms with Gasteiger partial charge in [-0.25, -0.2) is 0 Å². The van der Waals surface area contributed by atoms with Crippen LogP contribution >= 0.6 is 27.3 Å². The molecule has 1 aliphatic heterocycles. The van der Waals surface area contributed by atoms with Crippen molar-refractivity contribution in [1.29, 1.82) is 0 Å². The number of hydrogen-bond acceptors (Lipinski definition) is 2. The van der Waals surface area contributed by atoms with Gasteiger partial charge in [-0.2, -0.15) is 0 Å². The Balaban J connectivity index is 1.78. The average Bonchev–Trinajstić information content (AvgIpc) is 2.84. The Morgan fingerprint density at radius 1 is 1.40 bits per heavy atom. The van der Waals surface area contributed by atoms with E-state index < -0.39 is 0 Å². The number of quaternary nitrogens is 2. The van der Waals surface area contributed by atoms with Crippen molar-refractivity contribution in [2.45, 2.75) is 26.4 Å². The molecular weight excluding hydrogens is 338 g/mol. The molecule has 4 nitrogen and oxygen atoms in total. The quantitative estimate of drug-likeness (QED) is 0.638. The maximum Gasteiger partial charge on any atom is 0.278 e. The largest absolute Gasteiger partial charge is 0.351 e. The molecule has 2 rings (SSSR count). The lowest BCUT2D eigenvalue weighted by molar-refractivity contribution is -1.02. The number of carbonyl (C=O) groups excluding carboxylic acids is 1. The average molecular weight is 362 g/mol. The maximum atomic E-state index is 11.9. The highest BCUT2D eigenvalue weighted by atomic mass is 79.9. The SMILES string of the molecule is CCNC(=O)[C@@H](C)[NH+]1CC[NH+](Cc2ccc(Br)s2)CC1. The van der Waals surface area contributed by atoms with Crippen molar-refractivity contribution in [3.63, 3.8) is 0 Å². The summed E-state index contributed by atoms with van der Waals surface area (Å²) in [5.74, 6) is 0.188. The van der Waals surface area contributed by atoms with Crippen molar-refractivity contribution in [2.24, 2.45) is 0 Å². The second-order valence-electron chi connectivity index (χ2n) is 5.41. The Morgan fingerprint density at radius 3 is 2.65 bits per heavy atom. The molecule has 1 fully saturated rings. The van der Waals surface area contributed by atoms with Crippen molar-refractivity contribution in [2.75, 3.05) is 32.7 Å². The Morgan fingerprint density at radius 2 is 2.10 bits per heavy atom. The highest BCUT2D eigenvalue weighted by molar-refractivity contribution is 9.11. The molecule has 1 saturated heterocycles. The zero-order valence-electron chi connectivity index (χ0n) is 12.2. The summed E-state index contributed by atoms with van der Waals surface area (Å²) in [5.41, 5.74) is 0. The highest BCUT2D eigenvalue weighted by Crippen LogP contribution is 2.21. The fourth-order valence-corrected chi connectivity index (χ4v) is 4.30. The summed E-state index contributed by atoms with van der Waals surface area (Å²) in [4.78, 5) is 16.4. The van der Waals surface area contributed by atoms with Gasteiger partial charge in [-0.05, 0) is 41.9 Å². The number of halogens is 1. The van der Waals surface area contributed by atoms with E-state index in [1.165, 1.54) is 13.6 Å². The van der Waals surface area contributed by atoms with Crippen LogP contribution in [0, 0.1) is 0 Å². The molecule has 20 heavy (non-hydrogen) atoms. The predicted molar refractivity (Wildman–Crippen MR) is 85.3 cm³/mol. The predicted octanol–water partition coefficient (Wildman–Crippen LogP) is -0.681. The molecule has 1 amide bonds. The van der Waals surface area contributed by atoms with Gasteiger partial charge in [-0.15, -0.1) is 11.3 Å². The van der Waals surface area contributed by atoms with Gasteiger partial charge in [0.15, 0.2) is 6.04 Å². The van der Waals surface area contributed by atoms with Crippen molar-refractivity contribution in [3.8, 4) is 0 Å². The van der Waals surface area contributed by atoms with E-state index in [4.69, 9.17) is 0 Å². The third kappa shape index (κ3) is 4.28. The number of hydrogen-bond donors (Lipinski definition) is 3. The summed E-state index contributed by atoms with van der Waals surface area (Å²) >= 11 is 5.34. The molecular formula is C14H24BrN3OS+2. The van der Waals surface area contributed by atoms with Gasteiger partial charge in [0.1, 0.15) is 32.7 Å². The Kier molecular flexibility index (Phi) is 6.01. The van der Waals surface area contributed by atoms with Gasteiger partial charge in [0.25, 0.3) is 5.91 Å². The lowest BCUT2D eigenvalue weighted by atomic mass is 10.2. The van der Waals surface area contributed by atoms with E-state index in [2.05, 4.69) is 33.4 Å². The zero-order valence-corrected chi connectivity index (χ0v) is 14.6. The first-order chi connectivity index (χ1) is 9.60. The molecule has 2 heterocycles. The van der Waals surface area contributed by atoms with Crippen LogP contribution in [0.3, 0.4) is 0 Å². The molecule has 0 saturated carbocycles. The van der Waals surface area contributed by atoms with Crippen LogP contribution in [0.15, 0.2) is 15.9 Å². The highest BCUT2D eigenvalue weighted by Gasteiger charge is 2.30. The minimum Gasteiger partial charge on any atom is -0.351 e. The molecule has 0 aliphatic carbocycles. The Bertz CT molecular complexity index is 443. The lowest BCUT2D eigenvalue weighted by Crippen LogP contribution is -3.29. The van der Waals surface area contributed by atoms with E-state index in [1.54, 1.807) is 4.90 Å². The van der Waals surface area contributed by atoms with Crippen molar-refractivity contribution in [3.05, 3.63) is 20.8 Å². The number of nitrogens with one attached hydrogen (secondary N) is 3. The van der Waals surface area contributed by atoms with Crippen LogP contribution in [0.2, 0.25) is 0 Å².